The molecule has 0 atom stereocenters. The first-order valence-electron chi connectivity index (χ1n) is 10.6. The Kier molecular flexibility index (Phi) is 6.22. The molecule has 1 aromatic carbocycles. The Balaban J connectivity index is 1.58. The molecule has 1 aliphatic rings. The van der Waals surface area contributed by atoms with Crippen molar-refractivity contribution in [3.8, 4) is 0 Å². The molecule has 10 nitrogen and oxygen atoms in total. The third kappa shape index (κ3) is 4.56. The second-order valence-corrected chi connectivity index (χ2v) is 7.91. The number of nitrogens with one attached hydrogen (secondary N) is 1. The van der Waals surface area contributed by atoms with Crippen molar-refractivity contribution >= 4 is 40.9 Å². The highest BCUT2D eigenvalue weighted by atomic mass is 16.5. The van der Waals surface area contributed by atoms with Crippen LogP contribution in [0.25, 0.3) is 17.0 Å². The van der Waals surface area contributed by atoms with Gasteiger partial charge in [-0.3, -0.25) is 14.5 Å². The number of para-hydroxylation sites is 1. The molecule has 2 aromatic heterocycles. The normalized spacial score (nSPS) is 14.8. The molecule has 0 aliphatic carbocycles. The van der Waals surface area contributed by atoms with Gasteiger partial charge in [-0.1, -0.05) is 18.2 Å². The Morgan fingerprint density at radius 2 is 1.91 bits per heavy atom. The standard InChI is InChI=1S/C24H23N3O7/c1-14(2)33-21(28)13-26-11-15(17-6-4-5-7-19(17)26)10-18-22(29)27(24(31)25-18)12-16-8-9-20(34-16)23(30)32-3/h4-11,14H,12-13H2,1-3H3,(H,25,31). The van der Waals surface area contributed by atoms with E-state index in [0.717, 1.165) is 15.8 Å². The van der Waals surface area contributed by atoms with Crippen LogP contribution in [0.2, 0.25) is 0 Å². The number of nitrogens with zero attached hydrogens (tertiary/aromatic N) is 2. The van der Waals surface area contributed by atoms with Gasteiger partial charge < -0.3 is 23.8 Å². The van der Waals surface area contributed by atoms with Crippen molar-refractivity contribution in [2.45, 2.75) is 33.0 Å². The second-order valence-electron chi connectivity index (χ2n) is 7.91. The Bertz CT molecular complexity index is 1320. The van der Waals surface area contributed by atoms with E-state index in [4.69, 9.17) is 9.15 Å². The number of benzene rings is 1. The number of aromatic nitrogens is 1. The fourth-order valence-electron chi connectivity index (χ4n) is 3.66. The minimum absolute atomic E-state index is 0.00924. The number of carbonyl (C=O) groups excluding carboxylic acids is 4. The molecule has 10 heteroatoms. The maximum atomic E-state index is 12.9. The Morgan fingerprint density at radius 1 is 1.15 bits per heavy atom. The number of fused-ring (bicyclic) bond motifs is 1. The molecule has 3 amide bonds. The van der Waals surface area contributed by atoms with Crippen LogP contribution in [0.4, 0.5) is 4.79 Å². The van der Waals surface area contributed by atoms with E-state index in [2.05, 4.69) is 10.1 Å². The van der Waals surface area contributed by atoms with Crippen LogP contribution in [0.1, 0.15) is 35.7 Å². The zero-order valence-corrected chi connectivity index (χ0v) is 18.9. The van der Waals surface area contributed by atoms with Crippen molar-refractivity contribution in [1.82, 2.24) is 14.8 Å². The number of carbonyl (C=O) groups is 4. The summed E-state index contributed by atoms with van der Waals surface area (Å²) < 4.78 is 16.9. The lowest BCUT2D eigenvalue weighted by Gasteiger charge is -2.09. The van der Waals surface area contributed by atoms with Gasteiger partial charge >= 0.3 is 18.0 Å². The summed E-state index contributed by atoms with van der Waals surface area (Å²) in [4.78, 5) is 50.1. The number of furan rings is 1. The van der Waals surface area contributed by atoms with Gasteiger partial charge in [0.15, 0.2) is 0 Å². The molecule has 0 spiro atoms. The van der Waals surface area contributed by atoms with E-state index >= 15 is 0 Å². The van der Waals surface area contributed by atoms with Crippen molar-refractivity contribution in [3.63, 3.8) is 0 Å². The predicted octanol–water partition coefficient (Wildman–Crippen LogP) is 3.07. The van der Waals surface area contributed by atoms with Gasteiger partial charge in [-0.15, -0.1) is 0 Å². The number of ether oxygens (including phenoxy) is 2. The summed E-state index contributed by atoms with van der Waals surface area (Å²) >= 11 is 0. The summed E-state index contributed by atoms with van der Waals surface area (Å²) in [6.45, 7) is 3.42. The fraction of sp³-hybridized carbons (Fsp3) is 0.250. The molecular weight excluding hydrogens is 442 g/mol. The molecule has 4 rings (SSSR count). The smallest absolute Gasteiger partial charge is 0.373 e. The van der Waals surface area contributed by atoms with Crippen LogP contribution in [0.5, 0.6) is 0 Å². The third-order valence-electron chi connectivity index (χ3n) is 5.11. The van der Waals surface area contributed by atoms with Crippen LogP contribution >= 0.6 is 0 Å². The maximum Gasteiger partial charge on any atom is 0.373 e. The average molecular weight is 465 g/mol. The fourth-order valence-corrected chi connectivity index (χ4v) is 3.66. The largest absolute Gasteiger partial charge is 0.463 e. The number of hydrogen-bond acceptors (Lipinski definition) is 7. The van der Waals surface area contributed by atoms with Crippen molar-refractivity contribution in [3.05, 3.63) is 65.4 Å². The zero-order valence-electron chi connectivity index (χ0n) is 18.9. The zero-order chi connectivity index (χ0) is 24.4. The number of imide groups is 1. The highest BCUT2D eigenvalue weighted by Crippen LogP contribution is 2.25. The molecular formula is C24H23N3O7. The average Bonchev–Trinajstić information content (AvgIpc) is 3.47. The molecule has 0 unspecified atom stereocenters. The van der Waals surface area contributed by atoms with E-state index in [1.165, 1.54) is 19.2 Å². The molecule has 3 heterocycles. The van der Waals surface area contributed by atoms with Gasteiger partial charge in [0, 0.05) is 22.7 Å². The summed E-state index contributed by atoms with van der Waals surface area (Å²) in [7, 11) is 1.23. The van der Waals surface area contributed by atoms with E-state index in [1.54, 1.807) is 30.7 Å². The van der Waals surface area contributed by atoms with Gasteiger partial charge in [0.25, 0.3) is 5.91 Å². The van der Waals surface area contributed by atoms with E-state index in [1.807, 2.05) is 24.3 Å². The highest BCUT2D eigenvalue weighted by Gasteiger charge is 2.34. The SMILES string of the molecule is COC(=O)c1ccc(CN2C(=O)NC(=Cc3cn(CC(=O)OC(C)C)c4ccccc34)C2=O)o1. The van der Waals surface area contributed by atoms with Crippen LogP contribution in [0, 0.1) is 0 Å². The summed E-state index contributed by atoms with van der Waals surface area (Å²) in [6, 6.07) is 9.71. The van der Waals surface area contributed by atoms with Crippen LogP contribution in [-0.4, -0.2) is 46.6 Å². The predicted molar refractivity (Wildman–Crippen MR) is 120 cm³/mol. The highest BCUT2D eigenvalue weighted by molar-refractivity contribution is 6.14. The molecule has 1 fully saturated rings. The first-order chi connectivity index (χ1) is 16.3. The van der Waals surface area contributed by atoms with Crippen molar-refractivity contribution < 1.29 is 33.1 Å². The Hall–Kier alpha value is -4.34. The lowest BCUT2D eigenvalue weighted by molar-refractivity contribution is -0.148. The van der Waals surface area contributed by atoms with Gasteiger partial charge in [0.2, 0.25) is 5.76 Å². The number of urea groups is 1. The Labute approximate surface area is 194 Å². The molecule has 0 bridgehead atoms. The molecule has 1 N–H and O–H groups in total. The lowest BCUT2D eigenvalue weighted by atomic mass is 10.1. The van der Waals surface area contributed by atoms with Gasteiger partial charge in [-0.2, -0.15) is 0 Å². The van der Waals surface area contributed by atoms with Gasteiger partial charge in [0.1, 0.15) is 18.0 Å². The molecule has 1 aliphatic heterocycles. The Morgan fingerprint density at radius 3 is 2.65 bits per heavy atom. The van der Waals surface area contributed by atoms with E-state index in [0.29, 0.717) is 5.56 Å². The summed E-state index contributed by atoms with van der Waals surface area (Å²) in [6.07, 6.45) is 3.07. The van der Waals surface area contributed by atoms with Crippen LogP contribution in [0.15, 0.2) is 52.7 Å². The van der Waals surface area contributed by atoms with Gasteiger partial charge in [0.05, 0.1) is 19.8 Å². The first-order valence-corrected chi connectivity index (χ1v) is 10.6. The number of amides is 3. The number of hydrogen-bond donors (Lipinski definition) is 1. The monoisotopic (exact) mass is 465 g/mol. The van der Waals surface area contributed by atoms with Gasteiger partial charge in [-0.05, 0) is 38.1 Å². The molecule has 1 saturated heterocycles. The van der Waals surface area contributed by atoms with E-state index in [9.17, 15) is 19.2 Å². The third-order valence-corrected chi connectivity index (χ3v) is 5.11. The van der Waals surface area contributed by atoms with Crippen molar-refractivity contribution in [2.75, 3.05) is 7.11 Å². The maximum absolute atomic E-state index is 12.9. The topological polar surface area (TPSA) is 120 Å². The molecule has 0 radical (unpaired) electrons. The lowest BCUT2D eigenvalue weighted by Crippen LogP contribution is -2.30. The van der Waals surface area contributed by atoms with Crippen LogP contribution in [-0.2, 0) is 32.2 Å². The summed E-state index contributed by atoms with van der Waals surface area (Å²) in [5.74, 6) is -1.35. The number of rotatable bonds is 7. The molecule has 0 saturated carbocycles. The molecule has 3 aromatic rings. The van der Waals surface area contributed by atoms with E-state index < -0.39 is 17.9 Å². The second kappa shape index (κ2) is 9.26. The molecule has 176 valence electrons. The minimum Gasteiger partial charge on any atom is -0.463 e. The number of esters is 2. The molecule has 34 heavy (non-hydrogen) atoms. The number of methoxy groups -OCH3 is 1. The quantitative estimate of drug-likeness (QED) is 0.323. The van der Waals surface area contributed by atoms with Crippen LogP contribution in [0.3, 0.4) is 0 Å². The first kappa shape index (κ1) is 22.8. The van der Waals surface area contributed by atoms with Crippen molar-refractivity contribution in [1.29, 1.82) is 0 Å². The summed E-state index contributed by atoms with van der Waals surface area (Å²) in [5.41, 5.74) is 1.52. The van der Waals surface area contributed by atoms with Crippen LogP contribution < -0.4 is 5.32 Å². The van der Waals surface area contributed by atoms with Gasteiger partial charge in [-0.25, -0.2) is 9.59 Å². The van der Waals surface area contributed by atoms with E-state index in [-0.39, 0.29) is 42.4 Å². The summed E-state index contributed by atoms with van der Waals surface area (Å²) in [5, 5.41) is 3.38. The van der Waals surface area contributed by atoms with Crippen molar-refractivity contribution in [2.24, 2.45) is 0 Å². The minimum atomic E-state index is -0.655.